The highest BCUT2D eigenvalue weighted by molar-refractivity contribution is 9.10. The van der Waals surface area contributed by atoms with Gasteiger partial charge in [0.2, 0.25) is 11.8 Å². The molecule has 0 atom stereocenters. The number of pyridine rings is 2. The van der Waals surface area contributed by atoms with Gasteiger partial charge in [0.25, 0.3) is 0 Å². The lowest BCUT2D eigenvalue weighted by Crippen LogP contribution is -2.17. The van der Waals surface area contributed by atoms with Crippen LogP contribution < -0.4 is 10.5 Å². The zero-order chi connectivity index (χ0) is 29.9. The van der Waals surface area contributed by atoms with Gasteiger partial charge in [0, 0.05) is 35.8 Å². The van der Waals surface area contributed by atoms with Crippen LogP contribution in [-0.2, 0) is 5.60 Å². The highest BCUT2D eigenvalue weighted by Crippen LogP contribution is 2.38. The van der Waals surface area contributed by atoms with E-state index in [0.29, 0.717) is 55.7 Å². The minimum absolute atomic E-state index is 0.0467. The molecular weight excluding hydrogens is 614 g/mol. The van der Waals surface area contributed by atoms with Gasteiger partial charge in [-0.1, -0.05) is 11.3 Å². The maximum absolute atomic E-state index is 10.4. The first kappa shape index (κ1) is 26.7. The highest BCUT2D eigenvalue weighted by Gasteiger charge is 2.24. The number of hydrogen-bond donors (Lipinski definition) is 2. The molecule has 0 aliphatic heterocycles. The Kier molecular flexibility index (Phi) is 6.22. The van der Waals surface area contributed by atoms with E-state index in [1.165, 1.54) is 0 Å². The number of imidazole rings is 1. The second-order valence-electron chi connectivity index (χ2n) is 10.4. The summed E-state index contributed by atoms with van der Waals surface area (Å²) in [6.07, 6.45) is 5.36. The normalized spacial score (nSPS) is 11.9. The van der Waals surface area contributed by atoms with Crippen LogP contribution in [0.3, 0.4) is 0 Å². The Morgan fingerprint density at radius 1 is 1.05 bits per heavy atom. The smallest absolute Gasteiger partial charge is 0.222 e. The molecule has 13 heteroatoms. The molecule has 0 saturated carbocycles. The lowest BCUT2D eigenvalue weighted by atomic mass is 10.0. The maximum Gasteiger partial charge on any atom is 0.222 e. The average Bonchev–Trinajstić information content (AvgIpc) is 3.73. The predicted molar refractivity (Wildman–Crippen MR) is 163 cm³/mol. The Morgan fingerprint density at radius 2 is 1.91 bits per heavy atom. The molecule has 7 aromatic rings. The topological polar surface area (TPSA) is 155 Å². The lowest BCUT2D eigenvalue weighted by molar-refractivity contribution is 0.0733. The van der Waals surface area contributed by atoms with E-state index in [2.05, 4.69) is 46.2 Å². The van der Waals surface area contributed by atoms with Crippen LogP contribution in [0.5, 0.6) is 11.6 Å². The third-order valence-corrected chi connectivity index (χ3v) is 7.53. The van der Waals surface area contributed by atoms with E-state index in [9.17, 15) is 5.11 Å². The van der Waals surface area contributed by atoms with Crippen molar-refractivity contribution in [3.8, 4) is 40.0 Å². The van der Waals surface area contributed by atoms with Crippen molar-refractivity contribution in [2.24, 2.45) is 0 Å². The minimum atomic E-state index is -1.12. The molecule has 0 aliphatic carbocycles. The Labute approximate surface area is 253 Å². The summed E-state index contributed by atoms with van der Waals surface area (Å²) in [4.78, 5) is 18.1. The van der Waals surface area contributed by atoms with Crippen LogP contribution in [0, 0.1) is 6.92 Å². The van der Waals surface area contributed by atoms with Crippen molar-refractivity contribution in [2.45, 2.75) is 26.4 Å². The van der Waals surface area contributed by atoms with Crippen LogP contribution >= 0.6 is 15.9 Å². The molecule has 6 aromatic heterocycles. The van der Waals surface area contributed by atoms with Crippen LogP contribution in [0.2, 0.25) is 0 Å². The first-order valence-electron chi connectivity index (χ1n) is 13.2. The third kappa shape index (κ3) is 4.77. The fourth-order valence-corrected chi connectivity index (χ4v) is 5.22. The van der Waals surface area contributed by atoms with E-state index in [-0.39, 0.29) is 5.95 Å². The standard InChI is InChI=1S/C30H24BrN9O3/c1-16-14-33-24-10-9-17(15-39(16)24)26-27(21-6-5-11-42-21)35-29(32)36-28(26)40-20-12-18(31)22(13-19(20)37-38-40)43-25-8-4-7-23(34-25)30(2,3)41/h4-15,41H,1-3H3,(H2,32,35,36). The van der Waals surface area contributed by atoms with Crippen molar-refractivity contribution >= 4 is 38.6 Å². The summed E-state index contributed by atoms with van der Waals surface area (Å²) in [5.74, 6) is 1.78. The number of nitrogens with two attached hydrogens (primary N) is 1. The SMILES string of the molecule is Cc1cnc2ccc(-c3c(-c4ccco4)nc(N)nc3-n3nnc4cc(Oc5cccc(C(C)(C)O)n5)c(Br)cc43)cn12. The van der Waals surface area contributed by atoms with Gasteiger partial charge in [-0.25, -0.2) is 15.0 Å². The van der Waals surface area contributed by atoms with Crippen LogP contribution in [0.25, 0.3) is 45.1 Å². The third-order valence-electron chi connectivity index (χ3n) is 6.91. The number of fused-ring (bicyclic) bond motifs is 2. The van der Waals surface area contributed by atoms with E-state index >= 15 is 0 Å². The van der Waals surface area contributed by atoms with Gasteiger partial charge in [0.15, 0.2) is 11.6 Å². The summed E-state index contributed by atoms with van der Waals surface area (Å²) in [5, 5.41) is 19.3. The summed E-state index contributed by atoms with van der Waals surface area (Å²) in [6.45, 7) is 5.31. The van der Waals surface area contributed by atoms with Gasteiger partial charge < -0.3 is 24.4 Å². The van der Waals surface area contributed by atoms with Crippen molar-refractivity contribution in [3.63, 3.8) is 0 Å². The predicted octanol–water partition coefficient (Wildman–Crippen LogP) is 5.85. The molecule has 0 radical (unpaired) electrons. The van der Waals surface area contributed by atoms with Gasteiger partial charge in [-0.2, -0.15) is 9.67 Å². The molecule has 0 aliphatic rings. The monoisotopic (exact) mass is 637 g/mol. The number of rotatable bonds is 6. The van der Waals surface area contributed by atoms with Crippen molar-refractivity contribution < 1.29 is 14.3 Å². The van der Waals surface area contributed by atoms with Gasteiger partial charge in [0.05, 0.1) is 27.5 Å². The number of furan rings is 1. The number of aryl methyl sites for hydroxylation is 1. The van der Waals surface area contributed by atoms with Gasteiger partial charge >= 0.3 is 0 Å². The Balaban J connectivity index is 1.39. The zero-order valence-corrected chi connectivity index (χ0v) is 24.8. The van der Waals surface area contributed by atoms with Crippen LogP contribution in [-0.4, -0.2) is 44.4 Å². The van der Waals surface area contributed by atoms with E-state index in [1.54, 1.807) is 55.1 Å². The van der Waals surface area contributed by atoms with Gasteiger partial charge in [-0.3, -0.25) is 0 Å². The summed E-state index contributed by atoms with van der Waals surface area (Å²) < 4.78 is 16.1. The summed E-state index contributed by atoms with van der Waals surface area (Å²) in [7, 11) is 0. The van der Waals surface area contributed by atoms with Gasteiger partial charge in [0.1, 0.15) is 28.2 Å². The van der Waals surface area contributed by atoms with E-state index < -0.39 is 5.60 Å². The zero-order valence-electron chi connectivity index (χ0n) is 23.2. The van der Waals surface area contributed by atoms with Crippen molar-refractivity contribution in [3.05, 3.63) is 89.1 Å². The van der Waals surface area contributed by atoms with E-state index in [1.807, 2.05) is 48.0 Å². The molecule has 0 amide bonds. The van der Waals surface area contributed by atoms with Crippen molar-refractivity contribution in [1.29, 1.82) is 0 Å². The molecule has 7 rings (SSSR count). The summed E-state index contributed by atoms with van der Waals surface area (Å²) >= 11 is 3.63. The molecule has 0 saturated heterocycles. The van der Waals surface area contributed by atoms with Crippen LogP contribution in [0.1, 0.15) is 25.2 Å². The molecule has 6 heterocycles. The first-order chi connectivity index (χ1) is 20.7. The van der Waals surface area contributed by atoms with Crippen molar-refractivity contribution in [1.82, 2.24) is 39.3 Å². The number of hydrogen-bond acceptors (Lipinski definition) is 10. The second-order valence-corrected chi connectivity index (χ2v) is 11.3. The number of aromatic nitrogens is 8. The van der Waals surface area contributed by atoms with Crippen molar-refractivity contribution in [2.75, 3.05) is 5.73 Å². The Morgan fingerprint density at radius 3 is 2.70 bits per heavy atom. The molecule has 0 fully saturated rings. The fraction of sp³-hybridized carbons (Fsp3) is 0.133. The van der Waals surface area contributed by atoms with Gasteiger partial charge in [-0.15, -0.1) is 5.10 Å². The average molecular weight is 638 g/mol. The molecular formula is C30H24BrN9O3. The number of benzene rings is 1. The number of halogens is 1. The molecule has 0 unspecified atom stereocenters. The maximum atomic E-state index is 10.4. The molecule has 3 N–H and O–H groups in total. The molecule has 43 heavy (non-hydrogen) atoms. The van der Waals surface area contributed by atoms with E-state index in [4.69, 9.17) is 14.9 Å². The first-order valence-corrected chi connectivity index (χ1v) is 14.0. The molecule has 0 spiro atoms. The molecule has 12 nitrogen and oxygen atoms in total. The number of nitrogen functional groups attached to an aromatic ring is 1. The lowest BCUT2D eigenvalue weighted by Gasteiger charge is -2.17. The van der Waals surface area contributed by atoms with Crippen LogP contribution in [0.15, 0.2) is 82.1 Å². The number of ether oxygens (including phenoxy) is 1. The summed E-state index contributed by atoms with van der Waals surface area (Å²) in [5.41, 5.74) is 10.5. The minimum Gasteiger partial charge on any atom is -0.463 e. The van der Waals surface area contributed by atoms with Crippen LogP contribution in [0.4, 0.5) is 5.95 Å². The molecule has 0 bridgehead atoms. The molecule has 214 valence electrons. The van der Waals surface area contributed by atoms with Gasteiger partial charge in [-0.05, 0) is 73.1 Å². The fourth-order valence-electron chi connectivity index (χ4n) is 4.81. The summed E-state index contributed by atoms with van der Waals surface area (Å²) in [6, 6.07) is 16.3. The quantitative estimate of drug-likeness (QED) is 0.227. The second kappa shape index (κ2) is 10.00. The molecule has 1 aromatic carbocycles. The number of nitrogens with zero attached hydrogens (tertiary/aromatic N) is 8. The number of anilines is 1. The highest BCUT2D eigenvalue weighted by atomic mass is 79.9. The number of aliphatic hydroxyl groups is 1. The van der Waals surface area contributed by atoms with E-state index in [0.717, 1.165) is 16.9 Å². The largest absolute Gasteiger partial charge is 0.463 e. The Hall–Kier alpha value is -5.14. The Bertz CT molecular complexity index is 2150.